The highest BCUT2D eigenvalue weighted by molar-refractivity contribution is 5.87. The summed E-state index contributed by atoms with van der Waals surface area (Å²) in [5.41, 5.74) is 1.03. The Hall–Kier alpha value is -1.92. The molecule has 1 amide bonds. The van der Waals surface area contributed by atoms with E-state index in [1.807, 2.05) is 12.1 Å². The molecule has 2 rings (SSSR count). The van der Waals surface area contributed by atoms with Gasteiger partial charge in [0.25, 0.3) is 0 Å². The number of aromatic carboxylic acids is 1. The first-order valence-corrected chi connectivity index (χ1v) is 7.77. The van der Waals surface area contributed by atoms with Gasteiger partial charge < -0.3 is 15.2 Å². The van der Waals surface area contributed by atoms with Crippen LogP contribution in [0.1, 0.15) is 35.2 Å². The number of amides is 1. The summed E-state index contributed by atoms with van der Waals surface area (Å²) in [6.45, 7) is 2.09. The zero-order chi connectivity index (χ0) is 16.9. The molecule has 1 atom stereocenters. The Morgan fingerprint density at radius 3 is 2.61 bits per heavy atom. The van der Waals surface area contributed by atoms with Crippen molar-refractivity contribution in [1.29, 1.82) is 0 Å². The number of hydrogen-bond acceptors (Lipinski definition) is 4. The normalized spacial score (nSPS) is 21.3. The van der Waals surface area contributed by atoms with Crippen LogP contribution >= 0.6 is 0 Å². The lowest BCUT2D eigenvalue weighted by Crippen LogP contribution is -2.49. The van der Waals surface area contributed by atoms with E-state index in [0.29, 0.717) is 19.6 Å². The van der Waals surface area contributed by atoms with Gasteiger partial charge in [0.05, 0.1) is 17.7 Å². The number of hydrogen-bond donors (Lipinski definition) is 2. The summed E-state index contributed by atoms with van der Waals surface area (Å²) in [6.07, 6.45) is 2.35. The zero-order valence-electron chi connectivity index (χ0n) is 13.7. The van der Waals surface area contributed by atoms with Gasteiger partial charge in [0.15, 0.2) is 0 Å². The van der Waals surface area contributed by atoms with Crippen LogP contribution in [0.3, 0.4) is 0 Å². The van der Waals surface area contributed by atoms with Crippen LogP contribution in [0.15, 0.2) is 24.3 Å². The van der Waals surface area contributed by atoms with Gasteiger partial charge in [-0.25, -0.2) is 4.79 Å². The lowest BCUT2D eigenvalue weighted by Gasteiger charge is -2.37. The summed E-state index contributed by atoms with van der Waals surface area (Å²) in [5.74, 6) is -0.916. The summed E-state index contributed by atoms with van der Waals surface area (Å²) in [6, 6.07) is 6.90. The highest BCUT2D eigenvalue weighted by Gasteiger charge is 2.42. The standard InChI is InChI=1S/C17H24N2O4/c1-18-15(20)10-17(12-23-2)8-3-9-19(17)11-13-4-6-14(7-5-13)16(21)22/h4-7H,3,8-12H2,1-2H3,(H,18,20)(H,21,22). The van der Waals surface area contributed by atoms with Crippen LogP contribution in [0.4, 0.5) is 0 Å². The van der Waals surface area contributed by atoms with Crippen molar-refractivity contribution in [1.82, 2.24) is 10.2 Å². The maximum Gasteiger partial charge on any atom is 0.335 e. The lowest BCUT2D eigenvalue weighted by molar-refractivity contribution is -0.124. The number of rotatable bonds is 7. The van der Waals surface area contributed by atoms with Gasteiger partial charge in [0.2, 0.25) is 5.91 Å². The van der Waals surface area contributed by atoms with Gasteiger partial charge in [-0.05, 0) is 37.1 Å². The first kappa shape index (κ1) is 17.4. The average Bonchev–Trinajstić information content (AvgIpc) is 2.90. The second kappa shape index (κ2) is 7.57. The quantitative estimate of drug-likeness (QED) is 0.796. The predicted molar refractivity (Wildman–Crippen MR) is 86.3 cm³/mol. The fourth-order valence-electron chi connectivity index (χ4n) is 3.28. The number of carbonyl (C=O) groups excluding carboxylic acids is 1. The first-order chi connectivity index (χ1) is 11.0. The van der Waals surface area contributed by atoms with Crippen molar-refractivity contribution in [3.8, 4) is 0 Å². The van der Waals surface area contributed by atoms with Crippen molar-refractivity contribution in [2.75, 3.05) is 27.3 Å². The smallest absolute Gasteiger partial charge is 0.335 e. The molecule has 1 unspecified atom stereocenters. The number of carboxylic acid groups (broad SMARTS) is 1. The number of nitrogens with zero attached hydrogens (tertiary/aromatic N) is 1. The average molecular weight is 320 g/mol. The highest BCUT2D eigenvalue weighted by Crippen LogP contribution is 2.34. The molecule has 0 bridgehead atoms. The van der Waals surface area contributed by atoms with Gasteiger partial charge in [0.1, 0.15) is 0 Å². The topological polar surface area (TPSA) is 78.9 Å². The maximum absolute atomic E-state index is 11.9. The summed E-state index contributed by atoms with van der Waals surface area (Å²) in [4.78, 5) is 25.1. The number of benzene rings is 1. The molecule has 1 aliphatic rings. The minimum Gasteiger partial charge on any atom is -0.478 e. The molecule has 1 aromatic carbocycles. The molecule has 126 valence electrons. The molecule has 0 aliphatic carbocycles. The van der Waals surface area contributed by atoms with Crippen LogP contribution < -0.4 is 5.32 Å². The molecule has 2 N–H and O–H groups in total. The number of likely N-dealkylation sites (tertiary alicyclic amines) is 1. The summed E-state index contributed by atoms with van der Waals surface area (Å²) in [5, 5.41) is 11.7. The number of methoxy groups -OCH3 is 1. The Morgan fingerprint density at radius 2 is 2.04 bits per heavy atom. The monoisotopic (exact) mass is 320 g/mol. The van der Waals surface area contributed by atoms with Crippen molar-refractivity contribution in [2.24, 2.45) is 0 Å². The van der Waals surface area contributed by atoms with Crippen molar-refractivity contribution in [3.63, 3.8) is 0 Å². The van der Waals surface area contributed by atoms with E-state index < -0.39 is 5.97 Å². The van der Waals surface area contributed by atoms with Gasteiger partial charge in [-0.15, -0.1) is 0 Å². The van der Waals surface area contributed by atoms with Crippen LogP contribution in [0.25, 0.3) is 0 Å². The molecule has 1 saturated heterocycles. The van der Waals surface area contributed by atoms with Crippen LogP contribution in [-0.2, 0) is 16.1 Å². The molecule has 23 heavy (non-hydrogen) atoms. The van der Waals surface area contributed by atoms with E-state index in [4.69, 9.17) is 9.84 Å². The van der Waals surface area contributed by atoms with E-state index in [-0.39, 0.29) is 17.0 Å². The predicted octanol–water partition coefficient (Wildman–Crippen LogP) is 1.50. The SMILES string of the molecule is CNC(=O)CC1(COC)CCCN1Cc1ccc(C(=O)O)cc1. The molecule has 6 nitrogen and oxygen atoms in total. The third-order valence-corrected chi connectivity index (χ3v) is 4.50. The number of carbonyl (C=O) groups is 2. The largest absolute Gasteiger partial charge is 0.478 e. The molecule has 1 heterocycles. The molecular weight excluding hydrogens is 296 g/mol. The zero-order valence-corrected chi connectivity index (χ0v) is 13.7. The van der Waals surface area contributed by atoms with Gasteiger partial charge >= 0.3 is 5.97 Å². The van der Waals surface area contributed by atoms with Crippen molar-refractivity contribution in [2.45, 2.75) is 31.3 Å². The lowest BCUT2D eigenvalue weighted by atomic mass is 9.92. The van der Waals surface area contributed by atoms with Crippen LogP contribution in [0.2, 0.25) is 0 Å². The molecule has 0 spiro atoms. The van der Waals surface area contributed by atoms with Gasteiger partial charge in [0, 0.05) is 27.1 Å². The van der Waals surface area contributed by atoms with E-state index >= 15 is 0 Å². The Balaban J connectivity index is 2.15. The third-order valence-electron chi connectivity index (χ3n) is 4.50. The summed E-state index contributed by atoms with van der Waals surface area (Å²) >= 11 is 0. The van der Waals surface area contributed by atoms with E-state index in [2.05, 4.69) is 10.2 Å². The molecule has 1 aliphatic heterocycles. The Kier molecular flexibility index (Phi) is 5.74. The molecule has 0 radical (unpaired) electrons. The van der Waals surface area contributed by atoms with Gasteiger partial charge in [-0.1, -0.05) is 12.1 Å². The molecular formula is C17H24N2O4. The maximum atomic E-state index is 11.9. The summed E-state index contributed by atoms with van der Waals surface area (Å²) < 4.78 is 5.39. The Bertz CT molecular complexity index is 558. The second-order valence-electron chi connectivity index (χ2n) is 6.03. The number of ether oxygens (including phenoxy) is 1. The molecule has 0 saturated carbocycles. The number of carboxylic acids is 1. The minimum atomic E-state index is -0.925. The van der Waals surface area contributed by atoms with Crippen LogP contribution in [0.5, 0.6) is 0 Å². The fraction of sp³-hybridized carbons (Fsp3) is 0.529. The van der Waals surface area contributed by atoms with Gasteiger partial charge in [-0.3, -0.25) is 9.69 Å². The first-order valence-electron chi connectivity index (χ1n) is 7.77. The Labute approximate surface area is 136 Å². The van der Waals surface area contributed by atoms with E-state index in [9.17, 15) is 9.59 Å². The number of nitrogens with one attached hydrogen (secondary N) is 1. The molecule has 6 heteroatoms. The van der Waals surface area contributed by atoms with Crippen molar-refractivity contribution >= 4 is 11.9 Å². The third kappa shape index (κ3) is 4.09. The van der Waals surface area contributed by atoms with E-state index in [1.165, 1.54) is 0 Å². The van der Waals surface area contributed by atoms with E-state index in [1.54, 1.807) is 26.3 Å². The minimum absolute atomic E-state index is 0.00942. The molecule has 1 fully saturated rings. The van der Waals surface area contributed by atoms with Crippen LogP contribution in [0, 0.1) is 0 Å². The van der Waals surface area contributed by atoms with Crippen LogP contribution in [-0.4, -0.2) is 54.7 Å². The van der Waals surface area contributed by atoms with Gasteiger partial charge in [-0.2, -0.15) is 0 Å². The van der Waals surface area contributed by atoms with Crippen molar-refractivity contribution < 1.29 is 19.4 Å². The summed E-state index contributed by atoms with van der Waals surface area (Å²) in [7, 11) is 3.30. The van der Waals surface area contributed by atoms with Crippen molar-refractivity contribution in [3.05, 3.63) is 35.4 Å². The molecule has 0 aromatic heterocycles. The molecule has 1 aromatic rings. The highest BCUT2D eigenvalue weighted by atomic mass is 16.5. The van der Waals surface area contributed by atoms with E-state index in [0.717, 1.165) is 24.9 Å². The Morgan fingerprint density at radius 1 is 1.35 bits per heavy atom. The second-order valence-corrected chi connectivity index (χ2v) is 6.03. The fourth-order valence-corrected chi connectivity index (χ4v) is 3.28.